The van der Waals surface area contributed by atoms with Gasteiger partial charge in [-0.2, -0.15) is 0 Å². The first-order valence-electron chi connectivity index (χ1n) is 9.61. The van der Waals surface area contributed by atoms with E-state index in [4.69, 9.17) is 16.3 Å². The van der Waals surface area contributed by atoms with Crippen molar-refractivity contribution in [3.63, 3.8) is 0 Å². The molecule has 0 spiro atoms. The Bertz CT molecular complexity index is 1280. The minimum Gasteiger partial charge on any atom is -0.378 e. The van der Waals surface area contributed by atoms with Crippen molar-refractivity contribution in [1.82, 2.24) is 24.5 Å². The Balaban J connectivity index is 1.64. The fraction of sp³-hybridized carbons (Fsp3) is 0.182. The van der Waals surface area contributed by atoms with Gasteiger partial charge in [0.05, 0.1) is 12.3 Å². The fourth-order valence-corrected chi connectivity index (χ4v) is 3.42. The van der Waals surface area contributed by atoms with Crippen LogP contribution in [0.25, 0.3) is 17.0 Å². The molecule has 0 aliphatic carbocycles. The standard InChI is InChI=1S/C22H20ClN5O3/c1-31-14-17-11-19-26-27(13-20(29)24-12-16-9-5-6-10-18(16)23)22(30)28(19)21(25-17)15-7-3-2-4-8-15/h2-11H,12-14H2,1H3,(H,24,29). The van der Waals surface area contributed by atoms with E-state index in [0.717, 1.165) is 15.8 Å². The van der Waals surface area contributed by atoms with E-state index in [1.807, 2.05) is 48.5 Å². The first-order valence-corrected chi connectivity index (χ1v) is 9.98. The van der Waals surface area contributed by atoms with Crippen LogP contribution in [0.4, 0.5) is 0 Å². The lowest BCUT2D eigenvalue weighted by Crippen LogP contribution is -2.32. The molecule has 0 saturated heterocycles. The van der Waals surface area contributed by atoms with E-state index in [9.17, 15) is 9.59 Å². The number of benzene rings is 2. The average molecular weight is 438 g/mol. The van der Waals surface area contributed by atoms with E-state index in [2.05, 4.69) is 15.4 Å². The maximum atomic E-state index is 13.0. The highest BCUT2D eigenvalue weighted by molar-refractivity contribution is 6.31. The largest absolute Gasteiger partial charge is 0.378 e. The molecule has 4 rings (SSSR count). The predicted molar refractivity (Wildman–Crippen MR) is 117 cm³/mol. The number of hydrogen-bond donors (Lipinski definition) is 1. The quantitative estimate of drug-likeness (QED) is 0.480. The van der Waals surface area contributed by atoms with Crippen LogP contribution in [0.3, 0.4) is 0 Å². The van der Waals surface area contributed by atoms with Gasteiger partial charge in [-0.05, 0) is 11.6 Å². The van der Waals surface area contributed by atoms with Crippen LogP contribution in [-0.4, -0.2) is 32.2 Å². The van der Waals surface area contributed by atoms with Crippen molar-refractivity contribution < 1.29 is 9.53 Å². The number of aromatic nitrogens is 4. The Hall–Kier alpha value is -3.49. The van der Waals surface area contributed by atoms with Gasteiger partial charge in [-0.15, -0.1) is 5.10 Å². The minimum absolute atomic E-state index is 0.223. The molecule has 0 radical (unpaired) electrons. The SMILES string of the molecule is COCc1cc2nn(CC(=O)NCc3ccccc3Cl)c(=O)n2c(-c2ccccc2)n1. The molecule has 2 aromatic carbocycles. The van der Waals surface area contributed by atoms with E-state index in [-0.39, 0.29) is 25.6 Å². The Labute approximate surface area is 183 Å². The molecule has 0 aliphatic heterocycles. The number of carbonyl (C=O) groups is 1. The molecule has 9 heteroatoms. The fourth-order valence-electron chi connectivity index (χ4n) is 3.22. The number of nitrogens with zero attached hydrogens (tertiary/aromatic N) is 4. The molecule has 4 aromatic rings. The number of amides is 1. The third-order valence-electron chi connectivity index (χ3n) is 4.67. The lowest BCUT2D eigenvalue weighted by Gasteiger charge is -2.07. The number of carbonyl (C=O) groups excluding carboxylic acids is 1. The normalized spacial score (nSPS) is 11.0. The summed E-state index contributed by atoms with van der Waals surface area (Å²) in [6.07, 6.45) is 0. The van der Waals surface area contributed by atoms with Crippen LogP contribution in [0.5, 0.6) is 0 Å². The van der Waals surface area contributed by atoms with Crippen LogP contribution in [0, 0.1) is 0 Å². The Morgan fingerprint density at radius 2 is 1.87 bits per heavy atom. The second kappa shape index (κ2) is 9.11. The molecule has 0 aliphatic rings. The summed E-state index contributed by atoms with van der Waals surface area (Å²) in [7, 11) is 1.57. The summed E-state index contributed by atoms with van der Waals surface area (Å²) >= 11 is 6.12. The van der Waals surface area contributed by atoms with Gasteiger partial charge < -0.3 is 10.1 Å². The highest BCUT2D eigenvalue weighted by atomic mass is 35.5. The topological polar surface area (TPSA) is 90.5 Å². The first-order chi connectivity index (χ1) is 15.1. The predicted octanol–water partition coefficient (Wildman–Crippen LogP) is 2.67. The van der Waals surface area contributed by atoms with Crippen LogP contribution in [0.2, 0.25) is 5.02 Å². The van der Waals surface area contributed by atoms with Crippen molar-refractivity contribution in [1.29, 1.82) is 0 Å². The third kappa shape index (κ3) is 4.50. The third-order valence-corrected chi connectivity index (χ3v) is 5.04. The van der Waals surface area contributed by atoms with E-state index in [1.165, 1.54) is 4.40 Å². The molecule has 8 nitrogen and oxygen atoms in total. The number of fused-ring (bicyclic) bond motifs is 1. The second-order valence-corrected chi connectivity index (χ2v) is 7.28. The van der Waals surface area contributed by atoms with Crippen LogP contribution in [0.15, 0.2) is 65.5 Å². The van der Waals surface area contributed by atoms with Gasteiger partial charge >= 0.3 is 5.69 Å². The molecular formula is C22H20ClN5O3. The average Bonchev–Trinajstić information content (AvgIpc) is 3.08. The van der Waals surface area contributed by atoms with Crippen molar-refractivity contribution in [2.24, 2.45) is 0 Å². The minimum atomic E-state index is -0.446. The molecule has 2 aromatic heterocycles. The van der Waals surface area contributed by atoms with Gasteiger partial charge in [0.2, 0.25) is 5.91 Å². The monoisotopic (exact) mass is 437 g/mol. The number of nitrogens with one attached hydrogen (secondary N) is 1. The summed E-state index contributed by atoms with van der Waals surface area (Å²) in [5.74, 6) is 0.0923. The van der Waals surface area contributed by atoms with Gasteiger partial charge in [0.1, 0.15) is 12.4 Å². The zero-order valence-corrected chi connectivity index (χ0v) is 17.5. The van der Waals surface area contributed by atoms with Gasteiger partial charge in [-0.25, -0.2) is 18.9 Å². The molecule has 0 bridgehead atoms. The van der Waals surface area contributed by atoms with Crippen molar-refractivity contribution in [3.8, 4) is 11.4 Å². The molecule has 0 saturated carbocycles. The number of ether oxygens (including phenoxy) is 1. The van der Waals surface area contributed by atoms with Gasteiger partial charge in [0.25, 0.3) is 0 Å². The van der Waals surface area contributed by atoms with Crippen LogP contribution < -0.4 is 11.0 Å². The summed E-state index contributed by atoms with van der Waals surface area (Å²) in [6, 6.07) is 18.3. The van der Waals surface area contributed by atoms with Crippen molar-refractivity contribution >= 4 is 23.2 Å². The molecular weight excluding hydrogens is 418 g/mol. The van der Waals surface area contributed by atoms with Crippen molar-refractivity contribution in [2.45, 2.75) is 19.7 Å². The van der Waals surface area contributed by atoms with Crippen molar-refractivity contribution in [3.05, 3.63) is 87.4 Å². The molecule has 31 heavy (non-hydrogen) atoms. The van der Waals surface area contributed by atoms with Gasteiger partial charge in [-0.3, -0.25) is 4.79 Å². The number of rotatable bonds is 7. The zero-order chi connectivity index (χ0) is 21.8. The Kier molecular flexibility index (Phi) is 6.11. The van der Waals surface area contributed by atoms with E-state index in [0.29, 0.717) is 22.2 Å². The summed E-state index contributed by atoms with van der Waals surface area (Å²) in [5.41, 5.74) is 2.13. The van der Waals surface area contributed by atoms with Crippen LogP contribution in [-0.2, 0) is 29.2 Å². The molecule has 0 atom stereocenters. The van der Waals surface area contributed by atoms with E-state index < -0.39 is 5.69 Å². The van der Waals surface area contributed by atoms with Crippen molar-refractivity contribution in [2.75, 3.05) is 7.11 Å². The van der Waals surface area contributed by atoms with Crippen LogP contribution in [0.1, 0.15) is 11.3 Å². The molecule has 158 valence electrons. The first kappa shape index (κ1) is 20.8. The van der Waals surface area contributed by atoms with E-state index >= 15 is 0 Å². The number of halogens is 1. The Morgan fingerprint density at radius 3 is 2.61 bits per heavy atom. The van der Waals surface area contributed by atoms with Gasteiger partial charge in [0, 0.05) is 30.3 Å². The smallest absolute Gasteiger partial charge is 0.352 e. The molecule has 2 heterocycles. The molecule has 1 N–H and O–H groups in total. The molecule has 1 amide bonds. The summed E-state index contributed by atoms with van der Waals surface area (Å²) in [4.78, 5) is 30.1. The lowest BCUT2D eigenvalue weighted by atomic mass is 10.2. The maximum absolute atomic E-state index is 13.0. The second-order valence-electron chi connectivity index (χ2n) is 6.87. The highest BCUT2D eigenvalue weighted by Gasteiger charge is 2.17. The summed E-state index contributed by atoms with van der Waals surface area (Å²) in [6.45, 7) is 0.309. The summed E-state index contributed by atoms with van der Waals surface area (Å²) < 4.78 is 7.72. The zero-order valence-electron chi connectivity index (χ0n) is 16.8. The molecule has 0 unspecified atom stereocenters. The lowest BCUT2D eigenvalue weighted by molar-refractivity contribution is -0.122. The molecule has 0 fully saturated rings. The maximum Gasteiger partial charge on any atom is 0.352 e. The number of hydrogen-bond acceptors (Lipinski definition) is 5. The Morgan fingerprint density at radius 1 is 1.13 bits per heavy atom. The van der Waals surface area contributed by atoms with Gasteiger partial charge in [-0.1, -0.05) is 60.1 Å². The number of methoxy groups -OCH3 is 1. The van der Waals surface area contributed by atoms with E-state index in [1.54, 1.807) is 19.2 Å². The highest BCUT2D eigenvalue weighted by Crippen LogP contribution is 2.18. The summed E-state index contributed by atoms with van der Waals surface area (Å²) in [5, 5.41) is 7.67. The van der Waals surface area contributed by atoms with Gasteiger partial charge in [0.15, 0.2) is 5.65 Å². The van der Waals surface area contributed by atoms with Crippen LogP contribution >= 0.6 is 11.6 Å².